The van der Waals surface area contributed by atoms with Crippen molar-refractivity contribution >= 4 is 3.21 Å². The van der Waals surface area contributed by atoms with E-state index in [1.54, 1.807) is 0 Å². The van der Waals surface area contributed by atoms with Gasteiger partial charge < -0.3 is 24.8 Å². The summed E-state index contributed by atoms with van der Waals surface area (Å²) < 4.78 is 1.42. The van der Waals surface area contributed by atoms with Crippen LogP contribution in [-0.4, -0.2) is 3.21 Å². The molecule has 0 spiro atoms. The average molecular weight is 685 g/mol. The van der Waals surface area contributed by atoms with E-state index in [1.807, 2.05) is 6.07 Å². The van der Waals surface area contributed by atoms with Crippen molar-refractivity contribution in [3.8, 4) is 11.1 Å². The molecule has 0 aliphatic heterocycles. The fourth-order valence-corrected chi connectivity index (χ4v) is 5.83. The topological polar surface area (TPSA) is 0 Å². The minimum atomic E-state index is 0. The van der Waals surface area contributed by atoms with Crippen LogP contribution in [-0.2, 0) is 42.5 Å². The third kappa shape index (κ3) is 10.3. The molecule has 0 radical (unpaired) electrons. The van der Waals surface area contributed by atoms with E-state index in [-0.39, 0.29) is 24.8 Å². The summed E-state index contributed by atoms with van der Waals surface area (Å²) in [6, 6.07) is 42.5. The molecule has 0 nitrogen and oxygen atoms in total. The van der Waals surface area contributed by atoms with Gasteiger partial charge in [-0.25, -0.2) is 6.07 Å². The molecule has 1 aliphatic carbocycles. The molecule has 0 fully saturated rings. The Morgan fingerprint density at radius 1 is 0.791 bits per heavy atom. The third-order valence-electron chi connectivity index (χ3n) is 7.52. The van der Waals surface area contributed by atoms with Crippen molar-refractivity contribution in [1.82, 2.24) is 0 Å². The number of aryl methyl sites for hydroxylation is 3. The van der Waals surface area contributed by atoms with Gasteiger partial charge in [0.05, 0.1) is 0 Å². The zero-order chi connectivity index (χ0) is 29.4. The maximum Gasteiger partial charge on any atom is -0.0253 e. The van der Waals surface area contributed by atoms with Crippen LogP contribution in [0.25, 0.3) is 11.1 Å². The normalized spacial score (nSPS) is 10.9. The number of halogens is 2. The second-order valence-electron chi connectivity index (χ2n) is 12.0. The summed E-state index contributed by atoms with van der Waals surface area (Å²) >= 11 is 1.46. The molecule has 0 aromatic heterocycles. The van der Waals surface area contributed by atoms with E-state index in [0.29, 0.717) is 5.41 Å². The largest absolute Gasteiger partial charge is 1.00 e. The van der Waals surface area contributed by atoms with Crippen molar-refractivity contribution < 1.29 is 49.0 Å². The van der Waals surface area contributed by atoms with E-state index < -0.39 is 0 Å². The van der Waals surface area contributed by atoms with E-state index in [4.69, 9.17) is 0 Å². The predicted molar refractivity (Wildman–Crippen MR) is 174 cm³/mol. The van der Waals surface area contributed by atoms with Gasteiger partial charge in [-0.3, -0.25) is 0 Å². The molecule has 0 bridgehead atoms. The van der Waals surface area contributed by atoms with Gasteiger partial charge in [-0.1, -0.05) is 81.3 Å². The molecule has 0 atom stereocenters. The summed E-state index contributed by atoms with van der Waals surface area (Å²) in [4.78, 5) is 0. The van der Waals surface area contributed by atoms with Gasteiger partial charge in [0.15, 0.2) is 0 Å². The maximum atomic E-state index is 3.30. The molecule has 0 saturated carbocycles. The second-order valence-corrected chi connectivity index (χ2v) is 13.2. The van der Waals surface area contributed by atoms with Crippen molar-refractivity contribution in [2.75, 3.05) is 0 Å². The summed E-state index contributed by atoms with van der Waals surface area (Å²) in [6.45, 7) is 13.3. The van der Waals surface area contributed by atoms with Crippen LogP contribution in [0.1, 0.15) is 78.6 Å². The van der Waals surface area contributed by atoms with Crippen LogP contribution in [0.4, 0.5) is 0 Å². The van der Waals surface area contributed by atoms with Crippen LogP contribution in [0.5, 0.6) is 0 Å². The molecule has 0 heterocycles. The fraction of sp³-hybridized carbons (Fsp3) is 0.250. The third-order valence-corrected chi connectivity index (χ3v) is 8.94. The Hall–Kier alpha value is -2.44. The molecular formula is C40H42Cl2Zr-2. The minimum absolute atomic E-state index is 0. The summed E-state index contributed by atoms with van der Waals surface area (Å²) in [7, 11) is 0. The van der Waals surface area contributed by atoms with E-state index >= 15 is 0 Å². The molecule has 0 amide bonds. The van der Waals surface area contributed by atoms with E-state index in [1.165, 1.54) is 95.9 Å². The van der Waals surface area contributed by atoms with Gasteiger partial charge in [0.25, 0.3) is 0 Å². The van der Waals surface area contributed by atoms with Crippen molar-refractivity contribution in [3.63, 3.8) is 0 Å². The minimum Gasteiger partial charge on any atom is -1.00 e. The molecular weight excluding hydrogens is 643 g/mol. The van der Waals surface area contributed by atoms with Gasteiger partial charge >= 0.3 is 112 Å². The summed E-state index contributed by atoms with van der Waals surface area (Å²) in [5, 5.41) is 0. The summed E-state index contributed by atoms with van der Waals surface area (Å²) in [5.74, 6) is 0. The average Bonchev–Trinajstić information content (AvgIpc) is 3.60. The Balaban J connectivity index is 0.000000222. The van der Waals surface area contributed by atoms with Gasteiger partial charge in [0.2, 0.25) is 0 Å². The first-order valence-electron chi connectivity index (χ1n) is 14.7. The number of fused-ring (bicyclic) bond motifs is 3. The molecule has 43 heavy (non-hydrogen) atoms. The zero-order valence-corrected chi connectivity index (χ0v) is 30.2. The van der Waals surface area contributed by atoms with Crippen molar-refractivity contribution in [1.29, 1.82) is 0 Å². The van der Waals surface area contributed by atoms with Crippen molar-refractivity contribution in [2.24, 2.45) is 0 Å². The number of benzene rings is 4. The zero-order valence-electron chi connectivity index (χ0n) is 26.3. The monoisotopic (exact) mass is 682 g/mol. The van der Waals surface area contributed by atoms with Crippen molar-refractivity contribution in [3.05, 3.63) is 160 Å². The molecule has 6 rings (SSSR count). The first-order chi connectivity index (χ1) is 19.7. The fourth-order valence-electron chi connectivity index (χ4n) is 5.01. The van der Waals surface area contributed by atoms with Crippen LogP contribution in [0.3, 0.4) is 0 Å². The molecule has 5 aromatic rings. The Bertz CT molecular complexity index is 1480. The second kappa shape index (κ2) is 17.2. The van der Waals surface area contributed by atoms with E-state index in [0.717, 1.165) is 6.42 Å². The molecule has 5 aromatic carbocycles. The Morgan fingerprint density at radius 3 is 1.88 bits per heavy atom. The Morgan fingerprint density at radius 2 is 1.35 bits per heavy atom. The van der Waals surface area contributed by atoms with Crippen LogP contribution < -0.4 is 24.8 Å². The quantitative estimate of drug-likeness (QED) is 0.245. The van der Waals surface area contributed by atoms with Gasteiger partial charge in [-0.2, -0.15) is 53.1 Å². The van der Waals surface area contributed by atoms with Crippen LogP contribution in [0.15, 0.2) is 109 Å². The molecule has 3 heteroatoms. The Kier molecular flexibility index (Phi) is 14.7. The van der Waals surface area contributed by atoms with Crippen LogP contribution in [0, 0.1) is 19.9 Å². The van der Waals surface area contributed by atoms with Crippen LogP contribution in [0.2, 0.25) is 0 Å². The Labute approximate surface area is 287 Å². The number of hydrogen-bond donors (Lipinski definition) is 0. The first kappa shape index (κ1) is 36.8. The number of hydrogen-bond acceptors (Lipinski definition) is 0. The molecule has 1 aliphatic rings. The standard InChI is InChI=1S/C15H14.C13H9.C12H19.2ClH.Zr/c1-12-3-7-14(8-4-12)11-15-9-5-13(2)6-10-15;1-3-7-12-10(5-1)9-11-6-2-4-8-13(11)12;1-5-6-10-7-8-11(9-10)12(2,3)4;;;/h3-10H,1-2H3;1-5,7-8H,9H2;7-9H,5-6H2,1-4H3;2*1H;/q;2*-1;;;+2/p-2. The molecule has 0 saturated heterocycles. The SMILES string of the molecule is CCCc1cc(C(C)(C)C)c[cH-]1.Cc1ccc([C](=[Zr+2])c2ccc(C)cc2)cc1.[Cl-].[Cl-].[c-]1cccc2c1Cc1ccccc1-2. The first-order valence-corrected chi connectivity index (χ1v) is 15.9. The van der Waals surface area contributed by atoms with E-state index in [2.05, 4.69) is 151 Å². The smallest absolute Gasteiger partial charge is 0.0253 e. The summed E-state index contributed by atoms with van der Waals surface area (Å²) in [6.07, 6.45) is 3.51. The predicted octanol–water partition coefficient (Wildman–Crippen LogP) is 4.14. The van der Waals surface area contributed by atoms with Crippen molar-refractivity contribution in [2.45, 2.75) is 66.2 Å². The molecule has 0 N–H and O–H groups in total. The van der Waals surface area contributed by atoms with E-state index in [9.17, 15) is 0 Å². The van der Waals surface area contributed by atoms with Gasteiger partial charge in [0, 0.05) is 0 Å². The molecule has 0 unspecified atom stereocenters. The van der Waals surface area contributed by atoms with Crippen LogP contribution >= 0.6 is 0 Å². The van der Waals surface area contributed by atoms with Gasteiger partial charge in [0.1, 0.15) is 0 Å². The maximum absolute atomic E-state index is 3.30. The van der Waals surface area contributed by atoms with Gasteiger partial charge in [-0.05, 0) is 6.42 Å². The van der Waals surface area contributed by atoms with Gasteiger partial charge in [-0.15, -0.1) is 5.56 Å². The molecule has 222 valence electrons. The number of rotatable bonds is 4. The summed E-state index contributed by atoms with van der Waals surface area (Å²) in [5.41, 5.74) is 14.1.